The standard InChI is InChI=1S/C24H26N4O4S2/c1-14-26-20-6-3-15(28-10-17-4-2-16(28)12-32-17)8-19(20)24(27-14)33-13-21(30)22-7-5-18(34-22)9-25-23(31)11-29/h3,5-8,16-17,29H,2,4,9-13H2,1H3,(H,25,31). The molecule has 5 heterocycles. The van der Waals surface area contributed by atoms with E-state index in [1.807, 2.05) is 19.1 Å². The smallest absolute Gasteiger partial charge is 0.246 e. The minimum Gasteiger partial charge on any atom is -0.387 e. The van der Waals surface area contributed by atoms with Gasteiger partial charge in [-0.15, -0.1) is 11.3 Å². The largest absolute Gasteiger partial charge is 0.387 e. The van der Waals surface area contributed by atoms with Crippen LogP contribution in [0.2, 0.25) is 0 Å². The van der Waals surface area contributed by atoms with Crippen LogP contribution in [-0.4, -0.2) is 64.4 Å². The Bertz CT molecular complexity index is 1220. The molecule has 178 valence electrons. The highest BCUT2D eigenvalue weighted by Crippen LogP contribution is 2.35. The lowest BCUT2D eigenvalue weighted by atomic mass is 9.96. The highest BCUT2D eigenvalue weighted by atomic mass is 32.2. The van der Waals surface area contributed by atoms with E-state index >= 15 is 0 Å². The number of Topliss-reactive ketones (excluding diaryl/α,β-unsaturated/α-hetero) is 1. The summed E-state index contributed by atoms with van der Waals surface area (Å²) in [5.74, 6) is 0.521. The van der Waals surface area contributed by atoms with Crippen molar-refractivity contribution in [2.75, 3.05) is 30.4 Å². The number of piperidine rings is 1. The van der Waals surface area contributed by atoms with Gasteiger partial charge in [-0.05, 0) is 50.1 Å². The number of carbonyl (C=O) groups is 2. The molecule has 1 amide bonds. The predicted octanol–water partition coefficient (Wildman–Crippen LogP) is 2.95. The Labute approximate surface area is 205 Å². The lowest BCUT2D eigenvalue weighted by Crippen LogP contribution is -2.54. The third-order valence-corrected chi connectivity index (χ3v) is 8.27. The monoisotopic (exact) mass is 498 g/mol. The molecule has 0 saturated carbocycles. The highest BCUT2D eigenvalue weighted by Gasteiger charge is 2.34. The quantitative estimate of drug-likeness (QED) is 0.278. The van der Waals surface area contributed by atoms with Crippen molar-refractivity contribution >= 4 is 51.4 Å². The number of morpholine rings is 1. The second-order valence-corrected chi connectivity index (χ2v) is 10.7. The first-order valence-corrected chi connectivity index (χ1v) is 13.1. The molecule has 0 spiro atoms. The van der Waals surface area contributed by atoms with Crippen LogP contribution in [0.4, 0.5) is 5.69 Å². The van der Waals surface area contributed by atoms with Gasteiger partial charge in [0.25, 0.3) is 0 Å². The number of carbonyl (C=O) groups excluding carboxylic acids is 2. The maximum Gasteiger partial charge on any atom is 0.246 e. The van der Waals surface area contributed by atoms with Crippen molar-refractivity contribution in [1.82, 2.24) is 15.3 Å². The topological polar surface area (TPSA) is 105 Å². The van der Waals surface area contributed by atoms with E-state index < -0.39 is 12.5 Å². The molecule has 3 aliphatic rings. The Balaban J connectivity index is 1.31. The third-order valence-electron chi connectivity index (χ3n) is 6.15. The van der Waals surface area contributed by atoms with Gasteiger partial charge in [0.1, 0.15) is 17.5 Å². The number of aliphatic hydroxyl groups is 1. The molecule has 3 saturated heterocycles. The van der Waals surface area contributed by atoms with Crippen LogP contribution < -0.4 is 10.2 Å². The van der Waals surface area contributed by atoms with E-state index in [9.17, 15) is 9.59 Å². The molecule has 3 aliphatic heterocycles. The zero-order chi connectivity index (χ0) is 23.7. The van der Waals surface area contributed by atoms with Crippen molar-refractivity contribution in [3.63, 3.8) is 0 Å². The number of amides is 1. The van der Waals surface area contributed by atoms with Gasteiger partial charge < -0.3 is 20.1 Å². The summed E-state index contributed by atoms with van der Waals surface area (Å²) in [6, 6.07) is 10.3. The number of hydrogen-bond donors (Lipinski definition) is 2. The second-order valence-electron chi connectivity index (χ2n) is 8.53. The van der Waals surface area contributed by atoms with E-state index in [1.165, 1.54) is 23.1 Å². The lowest BCUT2D eigenvalue weighted by Gasteiger charge is -2.46. The molecule has 10 heteroatoms. The molecule has 2 bridgehead atoms. The van der Waals surface area contributed by atoms with Gasteiger partial charge in [0.2, 0.25) is 5.91 Å². The van der Waals surface area contributed by atoms with Crippen molar-refractivity contribution in [1.29, 1.82) is 0 Å². The summed E-state index contributed by atoms with van der Waals surface area (Å²) in [6.07, 6.45) is 2.57. The number of nitrogens with zero attached hydrogens (tertiary/aromatic N) is 3. The molecule has 0 aliphatic carbocycles. The molecule has 0 radical (unpaired) electrons. The zero-order valence-electron chi connectivity index (χ0n) is 18.8. The molecule has 34 heavy (non-hydrogen) atoms. The summed E-state index contributed by atoms with van der Waals surface area (Å²) in [5.41, 5.74) is 2.03. The van der Waals surface area contributed by atoms with Crippen LogP contribution in [0.1, 0.15) is 33.2 Å². The molecular weight excluding hydrogens is 472 g/mol. The number of aromatic nitrogens is 2. The minimum atomic E-state index is -0.547. The summed E-state index contributed by atoms with van der Waals surface area (Å²) >= 11 is 2.78. The number of nitrogens with one attached hydrogen (secondary N) is 1. The molecule has 2 unspecified atom stereocenters. The van der Waals surface area contributed by atoms with Gasteiger partial charge >= 0.3 is 0 Å². The lowest BCUT2D eigenvalue weighted by molar-refractivity contribution is -0.123. The molecule has 2 aromatic heterocycles. The Kier molecular flexibility index (Phi) is 6.82. The van der Waals surface area contributed by atoms with Crippen LogP contribution in [0.5, 0.6) is 0 Å². The number of aryl methyl sites for hydroxylation is 1. The number of aliphatic hydroxyl groups excluding tert-OH is 1. The molecular formula is C24H26N4O4S2. The molecule has 8 nitrogen and oxygen atoms in total. The number of hydrogen-bond acceptors (Lipinski definition) is 9. The van der Waals surface area contributed by atoms with E-state index in [-0.39, 0.29) is 11.5 Å². The number of benzene rings is 1. The van der Waals surface area contributed by atoms with Gasteiger partial charge in [0.05, 0.1) is 41.4 Å². The van der Waals surface area contributed by atoms with E-state index in [4.69, 9.17) is 9.84 Å². The van der Waals surface area contributed by atoms with Crippen molar-refractivity contribution in [3.8, 4) is 0 Å². The minimum absolute atomic E-state index is 0.0146. The third kappa shape index (κ3) is 4.95. The Morgan fingerprint density at radius 1 is 1.26 bits per heavy atom. The Morgan fingerprint density at radius 3 is 2.88 bits per heavy atom. The Morgan fingerprint density at radius 2 is 2.15 bits per heavy atom. The Hall–Kier alpha value is -2.53. The molecule has 6 rings (SSSR count). The van der Waals surface area contributed by atoms with Gasteiger partial charge in [-0.2, -0.15) is 0 Å². The summed E-state index contributed by atoms with van der Waals surface area (Å²) in [7, 11) is 0. The summed E-state index contributed by atoms with van der Waals surface area (Å²) in [4.78, 5) is 37.3. The van der Waals surface area contributed by atoms with Crippen LogP contribution >= 0.6 is 23.1 Å². The number of ketones is 1. The van der Waals surface area contributed by atoms with Gasteiger partial charge in [0.15, 0.2) is 5.78 Å². The van der Waals surface area contributed by atoms with Crippen molar-refractivity contribution in [3.05, 3.63) is 45.9 Å². The van der Waals surface area contributed by atoms with E-state index in [2.05, 4.69) is 32.3 Å². The van der Waals surface area contributed by atoms with Crippen molar-refractivity contribution < 1.29 is 19.4 Å². The fraction of sp³-hybridized carbons (Fsp3) is 0.417. The van der Waals surface area contributed by atoms with Gasteiger partial charge in [-0.3, -0.25) is 9.59 Å². The van der Waals surface area contributed by atoms with Gasteiger partial charge in [-0.1, -0.05) is 11.8 Å². The number of fused-ring (bicyclic) bond motifs is 4. The zero-order valence-corrected chi connectivity index (χ0v) is 20.5. The number of rotatable bonds is 8. The van der Waals surface area contributed by atoms with Crippen molar-refractivity contribution in [2.45, 2.75) is 43.5 Å². The average molecular weight is 499 g/mol. The number of anilines is 1. The number of thioether (sulfide) groups is 1. The number of thiophene rings is 1. The molecule has 2 atom stereocenters. The first kappa shape index (κ1) is 23.2. The van der Waals surface area contributed by atoms with E-state index in [0.29, 0.717) is 29.4 Å². The molecule has 3 fully saturated rings. The summed E-state index contributed by atoms with van der Waals surface area (Å²) in [6.45, 7) is 3.30. The van der Waals surface area contributed by atoms with Crippen molar-refractivity contribution in [2.24, 2.45) is 0 Å². The predicted molar refractivity (Wildman–Crippen MR) is 133 cm³/mol. The number of ether oxygens (including phenoxy) is 1. The summed E-state index contributed by atoms with van der Waals surface area (Å²) < 4.78 is 5.86. The normalized spacial score (nSPS) is 19.5. The fourth-order valence-electron chi connectivity index (χ4n) is 4.42. The molecule has 1 aromatic carbocycles. The summed E-state index contributed by atoms with van der Waals surface area (Å²) in [5, 5.41) is 13.2. The van der Waals surface area contributed by atoms with Gasteiger partial charge in [-0.25, -0.2) is 9.97 Å². The first-order valence-electron chi connectivity index (χ1n) is 11.3. The average Bonchev–Trinajstić information content (AvgIpc) is 3.35. The maximum absolute atomic E-state index is 12.8. The SMILES string of the molecule is Cc1nc(SCC(=O)c2ccc(CNC(=O)CO)s2)c2cc(N3CC4CCC3CO4)ccc2n1. The maximum atomic E-state index is 12.8. The van der Waals surface area contributed by atoms with E-state index in [1.54, 1.807) is 6.07 Å². The highest BCUT2D eigenvalue weighted by molar-refractivity contribution is 8.00. The van der Waals surface area contributed by atoms with Crippen LogP contribution in [0.15, 0.2) is 35.4 Å². The van der Waals surface area contributed by atoms with E-state index in [0.717, 1.165) is 52.5 Å². The molecule has 2 N–H and O–H groups in total. The van der Waals surface area contributed by atoms with Crippen LogP contribution in [0.25, 0.3) is 10.9 Å². The fourth-order valence-corrected chi connectivity index (χ4v) is 6.34. The van der Waals surface area contributed by atoms with Crippen LogP contribution in [0.3, 0.4) is 0 Å². The second kappa shape index (κ2) is 9.99. The molecule has 3 aromatic rings. The van der Waals surface area contributed by atoms with Crippen LogP contribution in [-0.2, 0) is 16.1 Å². The van der Waals surface area contributed by atoms with Gasteiger partial charge in [0, 0.05) is 22.5 Å². The first-order chi connectivity index (χ1) is 16.5. The van der Waals surface area contributed by atoms with Crippen LogP contribution in [0, 0.1) is 6.92 Å².